The Morgan fingerprint density at radius 3 is 2.41 bits per heavy atom. The Bertz CT molecular complexity index is 384. The van der Waals surface area contributed by atoms with Gasteiger partial charge in [-0.3, -0.25) is 0 Å². The average molecular weight is 361 g/mol. The predicted molar refractivity (Wildman–Crippen MR) is 79.9 cm³/mol. The number of nitrogens with two attached hydrogens (primary N) is 1. The minimum absolute atomic E-state index is 0.171. The minimum atomic E-state index is 0.171. The van der Waals surface area contributed by atoms with E-state index in [2.05, 4.69) is 57.0 Å². The third-order valence-corrected chi connectivity index (χ3v) is 5.07. The predicted octanol–water partition coefficient (Wildman–Crippen LogP) is 5.04. The van der Waals surface area contributed by atoms with Gasteiger partial charge in [-0.15, -0.1) is 0 Å². The van der Waals surface area contributed by atoms with Crippen molar-refractivity contribution in [1.82, 2.24) is 0 Å². The number of halogens is 2. The highest BCUT2D eigenvalue weighted by molar-refractivity contribution is 9.11. The molecule has 0 spiro atoms. The van der Waals surface area contributed by atoms with Crippen molar-refractivity contribution in [3.8, 4) is 0 Å². The molecule has 1 aliphatic carbocycles. The van der Waals surface area contributed by atoms with E-state index in [4.69, 9.17) is 5.73 Å². The van der Waals surface area contributed by atoms with Crippen molar-refractivity contribution in [2.24, 2.45) is 17.6 Å². The van der Waals surface area contributed by atoms with Crippen LogP contribution in [0.2, 0.25) is 0 Å². The van der Waals surface area contributed by atoms with E-state index in [0.29, 0.717) is 5.92 Å². The molecular formula is C14H19Br2N. The molecule has 1 aliphatic rings. The van der Waals surface area contributed by atoms with Gasteiger partial charge in [-0.05, 0) is 42.4 Å². The summed E-state index contributed by atoms with van der Waals surface area (Å²) < 4.78 is 2.22. The molecule has 1 aromatic carbocycles. The Morgan fingerprint density at radius 1 is 1.18 bits per heavy atom. The lowest BCUT2D eigenvalue weighted by atomic mass is 9.78. The van der Waals surface area contributed by atoms with Crippen LogP contribution in [0.25, 0.3) is 0 Å². The van der Waals surface area contributed by atoms with E-state index in [1.807, 2.05) is 0 Å². The summed E-state index contributed by atoms with van der Waals surface area (Å²) in [5.74, 6) is 1.52. The van der Waals surface area contributed by atoms with Crippen LogP contribution < -0.4 is 5.73 Å². The van der Waals surface area contributed by atoms with Crippen LogP contribution in [0.1, 0.15) is 44.2 Å². The second-order valence-electron chi connectivity index (χ2n) is 5.21. The SMILES string of the molecule is CC1CCC(C(N)c2ccc(Br)cc2Br)CC1. The molecule has 1 aromatic rings. The van der Waals surface area contributed by atoms with E-state index >= 15 is 0 Å². The molecule has 1 saturated carbocycles. The van der Waals surface area contributed by atoms with Gasteiger partial charge in [0.1, 0.15) is 0 Å². The number of benzene rings is 1. The van der Waals surface area contributed by atoms with Crippen LogP contribution in [-0.4, -0.2) is 0 Å². The topological polar surface area (TPSA) is 26.0 Å². The van der Waals surface area contributed by atoms with Gasteiger partial charge in [0, 0.05) is 15.0 Å². The molecule has 1 nitrogen and oxygen atoms in total. The van der Waals surface area contributed by atoms with Gasteiger partial charge in [-0.2, -0.15) is 0 Å². The summed E-state index contributed by atoms with van der Waals surface area (Å²) in [4.78, 5) is 0. The van der Waals surface area contributed by atoms with Crippen LogP contribution in [0, 0.1) is 11.8 Å². The van der Waals surface area contributed by atoms with Crippen molar-refractivity contribution in [2.45, 2.75) is 38.6 Å². The largest absolute Gasteiger partial charge is 0.324 e. The first kappa shape index (κ1) is 13.6. The Hall–Kier alpha value is 0.140. The summed E-state index contributed by atoms with van der Waals surface area (Å²) in [6, 6.07) is 6.47. The molecule has 0 heterocycles. The molecule has 0 amide bonds. The second kappa shape index (κ2) is 5.85. The van der Waals surface area contributed by atoms with Crippen molar-refractivity contribution in [3.63, 3.8) is 0 Å². The standard InChI is InChI=1S/C14H19Br2N/c1-9-2-4-10(5-3-9)14(17)12-7-6-11(15)8-13(12)16/h6-10,14H,2-5,17H2,1H3. The van der Waals surface area contributed by atoms with Crippen LogP contribution in [0.3, 0.4) is 0 Å². The summed E-state index contributed by atoms with van der Waals surface area (Å²) in [5, 5.41) is 0. The van der Waals surface area contributed by atoms with Gasteiger partial charge in [0.15, 0.2) is 0 Å². The zero-order chi connectivity index (χ0) is 12.4. The first-order valence-corrected chi connectivity index (χ1v) is 7.87. The van der Waals surface area contributed by atoms with E-state index in [9.17, 15) is 0 Å². The van der Waals surface area contributed by atoms with E-state index < -0.39 is 0 Å². The fraction of sp³-hybridized carbons (Fsp3) is 0.571. The Kier molecular flexibility index (Phi) is 4.67. The third-order valence-electron chi connectivity index (χ3n) is 3.89. The number of hydrogen-bond donors (Lipinski definition) is 1. The first-order valence-electron chi connectivity index (χ1n) is 6.28. The van der Waals surface area contributed by atoms with Gasteiger partial charge in [0.25, 0.3) is 0 Å². The second-order valence-corrected chi connectivity index (χ2v) is 6.98. The van der Waals surface area contributed by atoms with Gasteiger partial charge in [0.2, 0.25) is 0 Å². The van der Waals surface area contributed by atoms with Crippen LogP contribution in [0.4, 0.5) is 0 Å². The zero-order valence-corrected chi connectivity index (χ0v) is 13.3. The molecule has 0 radical (unpaired) electrons. The summed E-state index contributed by atoms with van der Waals surface area (Å²) in [6.07, 6.45) is 5.19. The van der Waals surface area contributed by atoms with Gasteiger partial charge >= 0.3 is 0 Å². The molecule has 3 heteroatoms. The smallest absolute Gasteiger partial charge is 0.0334 e. The van der Waals surface area contributed by atoms with E-state index in [1.165, 1.54) is 31.2 Å². The highest BCUT2D eigenvalue weighted by atomic mass is 79.9. The molecule has 0 bridgehead atoms. The summed E-state index contributed by atoms with van der Waals surface area (Å²) in [7, 11) is 0. The molecule has 0 aromatic heterocycles. The highest BCUT2D eigenvalue weighted by Crippen LogP contribution is 2.38. The van der Waals surface area contributed by atoms with Crippen molar-refractivity contribution < 1.29 is 0 Å². The maximum Gasteiger partial charge on any atom is 0.0334 e. The highest BCUT2D eigenvalue weighted by Gasteiger charge is 2.25. The molecule has 0 aliphatic heterocycles. The van der Waals surface area contributed by atoms with Crippen LogP contribution in [0.15, 0.2) is 27.1 Å². The van der Waals surface area contributed by atoms with Crippen LogP contribution in [0.5, 0.6) is 0 Å². The van der Waals surface area contributed by atoms with Gasteiger partial charge in [-0.1, -0.05) is 57.7 Å². The summed E-state index contributed by atoms with van der Waals surface area (Å²) >= 11 is 7.09. The van der Waals surface area contributed by atoms with Gasteiger partial charge in [0.05, 0.1) is 0 Å². The van der Waals surface area contributed by atoms with Crippen LogP contribution >= 0.6 is 31.9 Å². The molecule has 1 atom stereocenters. The fourth-order valence-electron chi connectivity index (χ4n) is 2.67. The monoisotopic (exact) mass is 359 g/mol. The molecule has 2 N–H and O–H groups in total. The summed E-state index contributed by atoms with van der Waals surface area (Å²) in [5.41, 5.74) is 7.66. The molecule has 17 heavy (non-hydrogen) atoms. The average Bonchev–Trinajstić information content (AvgIpc) is 2.29. The quantitative estimate of drug-likeness (QED) is 0.785. The molecule has 1 unspecified atom stereocenters. The Morgan fingerprint density at radius 2 is 1.82 bits per heavy atom. The van der Waals surface area contributed by atoms with Crippen molar-refractivity contribution in [3.05, 3.63) is 32.7 Å². The van der Waals surface area contributed by atoms with E-state index in [0.717, 1.165) is 14.9 Å². The molecule has 2 rings (SSSR count). The normalized spacial score (nSPS) is 26.8. The third kappa shape index (κ3) is 3.33. The lowest BCUT2D eigenvalue weighted by molar-refractivity contribution is 0.256. The van der Waals surface area contributed by atoms with Crippen LogP contribution in [-0.2, 0) is 0 Å². The van der Waals surface area contributed by atoms with E-state index in [-0.39, 0.29) is 6.04 Å². The minimum Gasteiger partial charge on any atom is -0.324 e. The molecule has 0 saturated heterocycles. The Labute approximate surface area is 120 Å². The number of hydrogen-bond acceptors (Lipinski definition) is 1. The molecule has 1 fully saturated rings. The molecular weight excluding hydrogens is 342 g/mol. The molecule has 94 valence electrons. The van der Waals surface area contributed by atoms with Crippen molar-refractivity contribution in [2.75, 3.05) is 0 Å². The zero-order valence-electron chi connectivity index (χ0n) is 10.1. The maximum absolute atomic E-state index is 6.42. The fourth-order valence-corrected chi connectivity index (χ4v) is 3.98. The van der Waals surface area contributed by atoms with Crippen molar-refractivity contribution in [1.29, 1.82) is 0 Å². The van der Waals surface area contributed by atoms with E-state index in [1.54, 1.807) is 0 Å². The van der Waals surface area contributed by atoms with Gasteiger partial charge < -0.3 is 5.73 Å². The van der Waals surface area contributed by atoms with Gasteiger partial charge in [-0.25, -0.2) is 0 Å². The Balaban J connectivity index is 2.11. The lowest BCUT2D eigenvalue weighted by Gasteiger charge is -2.31. The lowest BCUT2D eigenvalue weighted by Crippen LogP contribution is -2.25. The van der Waals surface area contributed by atoms with Crippen molar-refractivity contribution >= 4 is 31.9 Å². The maximum atomic E-state index is 6.42. The number of rotatable bonds is 2. The summed E-state index contributed by atoms with van der Waals surface area (Å²) in [6.45, 7) is 2.34. The first-order chi connectivity index (χ1) is 8.08.